The molecule has 0 aliphatic carbocycles. The number of hydrogen-bond donors (Lipinski definition) is 0. The van der Waals surface area contributed by atoms with E-state index < -0.39 is 5.97 Å². The van der Waals surface area contributed by atoms with Crippen LogP contribution in [0.4, 0.5) is 0 Å². The fourth-order valence-corrected chi connectivity index (χ4v) is 3.98. The van der Waals surface area contributed by atoms with Crippen molar-refractivity contribution in [2.45, 2.75) is 6.92 Å². The first-order valence-electron chi connectivity index (χ1n) is 8.38. The van der Waals surface area contributed by atoms with Crippen molar-refractivity contribution in [1.82, 2.24) is 9.38 Å². The van der Waals surface area contributed by atoms with Crippen molar-refractivity contribution in [3.05, 3.63) is 56.8 Å². The van der Waals surface area contributed by atoms with Crippen LogP contribution < -0.4 is 24.3 Å². The number of methoxy groups -OCH3 is 2. The van der Waals surface area contributed by atoms with Crippen LogP contribution in [0.1, 0.15) is 12.5 Å². The lowest BCUT2D eigenvalue weighted by molar-refractivity contribution is -0.132. The SMILES string of the molecule is COc1cc(C=c2sc3nc4ccccc4n3c2=O)cc(OC)c1OC(C)=O. The van der Waals surface area contributed by atoms with Crippen molar-refractivity contribution < 1.29 is 19.0 Å². The molecular weight excluding hydrogens is 380 g/mol. The molecule has 0 fully saturated rings. The minimum Gasteiger partial charge on any atom is -0.493 e. The van der Waals surface area contributed by atoms with Crippen LogP contribution >= 0.6 is 11.3 Å². The molecule has 8 heteroatoms. The van der Waals surface area contributed by atoms with Crippen LogP contribution in [0.15, 0.2) is 41.2 Å². The maximum Gasteiger partial charge on any atom is 0.308 e. The highest BCUT2D eigenvalue weighted by atomic mass is 32.1. The van der Waals surface area contributed by atoms with Gasteiger partial charge in [0.15, 0.2) is 16.5 Å². The molecule has 0 bridgehead atoms. The number of esters is 1. The average Bonchev–Trinajstić information content (AvgIpc) is 3.18. The van der Waals surface area contributed by atoms with E-state index in [1.165, 1.54) is 32.5 Å². The number of thiazole rings is 1. The second kappa shape index (κ2) is 6.97. The standard InChI is InChI=1S/C20H16N2O5S/c1-11(23)27-18-15(25-2)8-12(9-16(18)26-3)10-17-19(24)22-14-7-5-4-6-13(14)21-20(22)28-17/h4-10H,1-3H3. The third-order valence-electron chi connectivity index (χ3n) is 4.17. The van der Waals surface area contributed by atoms with Crippen molar-refractivity contribution in [1.29, 1.82) is 0 Å². The molecule has 0 saturated heterocycles. The normalized spacial score (nSPS) is 11.9. The maximum absolute atomic E-state index is 12.9. The summed E-state index contributed by atoms with van der Waals surface area (Å²) in [6.45, 7) is 1.30. The summed E-state index contributed by atoms with van der Waals surface area (Å²) in [5.74, 6) is 0.380. The van der Waals surface area contributed by atoms with Gasteiger partial charge in [-0.25, -0.2) is 9.38 Å². The summed E-state index contributed by atoms with van der Waals surface area (Å²) in [5.41, 5.74) is 2.09. The van der Waals surface area contributed by atoms with Gasteiger partial charge >= 0.3 is 5.97 Å². The Balaban J connectivity index is 1.90. The number of carbonyl (C=O) groups excluding carboxylic acids is 1. The smallest absolute Gasteiger partial charge is 0.308 e. The van der Waals surface area contributed by atoms with Crippen molar-refractivity contribution in [3.8, 4) is 17.2 Å². The molecule has 4 rings (SSSR count). The van der Waals surface area contributed by atoms with Crippen LogP contribution in [0.25, 0.3) is 22.1 Å². The molecule has 0 spiro atoms. The van der Waals surface area contributed by atoms with E-state index in [1.54, 1.807) is 22.6 Å². The van der Waals surface area contributed by atoms with Gasteiger partial charge in [-0.3, -0.25) is 9.59 Å². The van der Waals surface area contributed by atoms with Gasteiger partial charge in [0.25, 0.3) is 5.56 Å². The molecule has 0 radical (unpaired) electrons. The largest absolute Gasteiger partial charge is 0.493 e. The van der Waals surface area contributed by atoms with Gasteiger partial charge in [-0.15, -0.1) is 0 Å². The fraction of sp³-hybridized carbons (Fsp3) is 0.150. The molecule has 0 unspecified atom stereocenters. The van der Waals surface area contributed by atoms with Crippen LogP contribution in [-0.2, 0) is 4.79 Å². The molecule has 0 aliphatic heterocycles. The number of ether oxygens (including phenoxy) is 3. The molecule has 0 amide bonds. The third-order valence-corrected chi connectivity index (χ3v) is 5.14. The molecule has 4 aromatic rings. The number of para-hydroxylation sites is 2. The Morgan fingerprint density at radius 1 is 1.14 bits per heavy atom. The van der Waals surface area contributed by atoms with E-state index in [-0.39, 0.29) is 11.3 Å². The summed E-state index contributed by atoms with van der Waals surface area (Å²) in [6, 6.07) is 10.9. The second-order valence-corrected chi connectivity index (χ2v) is 6.99. The van der Waals surface area contributed by atoms with Gasteiger partial charge in [-0.2, -0.15) is 0 Å². The van der Waals surface area contributed by atoms with Crippen molar-refractivity contribution in [3.63, 3.8) is 0 Å². The van der Waals surface area contributed by atoms with Crippen molar-refractivity contribution in [2.75, 3.05) is 14.2 Å². The van der Waals surface area contributed by atoms with Gasteiger partial charge in [-0.1, -0.05) is 23.5 Å². The summed E-state index contributed by atoms with van der Waals surface area (Å²) in [4.78, 5) is 29.4. The van der Waals surface area contributed by atoms with Gasteiger partial charge < -0.3 is 14.2 Å². The Kier molecular flexibility index (Phi) is 4.48. The van der Waals surface area contributed by atoms with Gasteiger partial charge in [0, 0.05) is 6.92 Å². The van der Waals surface area contributed by atoms with E-state index in [4.69, 9.17) is 14.2 Å². The van der Waals surface area contributed by atoms with Crippen LogP contribution in [0, 0.1) is 0 Å². The highest BCUT2D eigenvalue weighted by molar-refractivity contribution is 7.15. The van der Waals surface area contributed by atoms with Crippen molar-refractivity contribution >= 4 is 39.4 Å². The summed E-state index contributed by atoms with van der Waals surface area (Å²) in [5, 5.41) is 0. The molecule has 142 valence electrons. The van der Waals surface area contributed by atoms with E-state index in [1.807, 2.05) is 24.3 Å². The molecule has 0 saturated carbocycles. The third kappa shape index (κ3) is 2.97. The molecular formula is C20H16N2O5S. The zero-order chi connectivity index (χ0) is 19.8. The number of imidazole rings is 1. The van der Waals surface area contributed by atoms with E-state index in [0.717, 1.165) is 11.0 Å². The zero-order valence-electron chi connectivity index (χ0n) is 15.4. The van der Waals surface area contributed by atoms with E-state index in [9.17, 15) is 9.59 Å². The predicted molar refractivity (Wildman–Crippen MR) is 106 cm³/mol. The van der Waals surface area contributed by atoms with Gasteiger partial charge in [0.05, 0.1) is 29.8 Å². The lowest BCUT2D eigenvalue weighted by Gasteiger charge is -2.13. The summed E-state index contributed by atoms with van der Waals surface area (Å²) in [7, 11) is 2.94. The summed E-state index contributed by atoms with van der Waals surface area (Å²) < 4.78 is 18.0. The summed E-state index contributed by atoms with van der Waals surface area (Å²) >= 11 is 1.30. The lowest BCUT2D eigenvalue weighted by atomic mass is 10.1. The molecule has 0 atom stereocenters. The first-order valence-corrected chi connectivity index (χ1v) is 9.19. The number of nitrogens with zero attached hydrogens (tertiary/aromatic N) is 2. The predicted octanol–water partition coefficient (Wildman–Crippen LogP) is 2.40. The van der Waals surface area contributed by atoms with Gasteiger partial charge in [0.1, 0.15) is 0 Å². The van der Waals surface area contributed by atoms with Gasteiger partial charge in [0.2, 0.25) is 5.75 Å². The average molecular weight is 396 g/mol. The van der Waals surface area contributed by atoms with E-state index in [0.29, 0.717) is 26.6 Å². The number of hydrogen-bond acceptors (Lipinski definition) is 7. The van der Waals surface area contributed by atoms with Gasteiger partial charge in [-0.05, 0) is 35.9 Å². The molecule has 2 aromatic carbocycles. The maximum atomic E-state index is 12.9. The minimum atomic E-state index is -0.485. The lowest BCUT2D eigenvalue weighted by Crippen LogP contribution is -2.22. The van der Waals surface area contributed by atoms with Crippen LogP contribution in [-0.4, -0.2) is 29.6 Å². The number of aromatic nitrogens is 2. The van der Waals surface area contributed by atoms with E-state index >= 15 is 0 Å². The molecule has 28 heavy (non-hydrogen) atoms. The number of carbonyl (C=O) groups is 1. The second-order valence-electron chi connectivity index (χ2n) is 5.98. The number of benzene rings is 2. The monoisotopic (exact) mass is 396 g/mol. The topological polar surface area (TPSA) is 79.1 Å². The van der Waals surface area contributed by atoms with Crippen LogP contribution in [0.5, 0.6) is 17.2 Å². The zero-order valence-corrected chi connectivity index (χ0v) is 16.2. The minimum absolute atomic E-state index is 0.143. The Hall–Kier alpha value is -3.39. The van der Waals surface area contributed by atoms with E-state index in [2.05, 4.69) is 4.98 Å². The first-order chi connectivity index (χ1) is 13.5. The fourth-order valence-electron chi connectivity index (χ4n) is 2.99. The molecule has 0 N–H and O–H groups in total. The Morgan fingerprint density at radius 3 is 2.46 bits per heavy atom. The molecule has 2 aromatic heterocycles. The van der Waals surface area contributed by atoms with Crippen LogP contribution in [0.3, 0.4) is 0 Å². The first kappa shape index (κ1) is 18.0. The Bertz CT molecular complexity index is 1300. The highest BCUT2D eigenvalue weighted by Crippen LogP contribution is 2.38. The number of rotatable bonds is 4. The highest BCUT2D eigenvalue weighted by Gasteiger charge is 2.16. The van der Waals surface area contributed by atoms with Crippen molar-refractivity contribution in [2.24, 2.45) is 0 Å². The molecule has 0 aliphatic rings. The number of fused-ring (bicyclic) bond motifs is 3. The molecule has 7 nitrogen and oxygen atoms in total. The Labute approximate surface area is 163 Å². The summed E-state index contributed by atoms with van der Waals surface area (Å²) in [6.07, 6.45) is 1.74. The quantitative estimate of drug-likeness (QED) is 0.389. The Morgan fingerprint density at radius 2 is 1.82 bits per heavy atom. The van der Waals surface area contributed by atoms with Crippen LogP contribution in [0.2, 0.25) is 0 Å². The molecule has 2 heterocycles.